The van der Waals surface area contributed by atoms with Crippen molar-refractivity contribution >= 4 is 92.9 Å². The number of rotatable bonds is 6. The Kier molecular flexibility index (Phi) is 8.55. The molecule has 0 aliphatic carbocycles. The highest BCUT2D eigenvalue weighted by atomic mass is 15.2. The second-order valence-electron chi connectivity index (χ2n) is 18.2. The van der Waals surface area contributed by atoms with Gasteiger partial charge in [-0.3, -0.25) is 4.57 Å². The molecule has 72 heavy (non-hydrogen) atoms. The van der Waals surface area contributed by atoms with E-state index in [1.165, 1.54) is 10.8 Å². The summed E-state index contributed by atoms with van der Waals surface area (Å²) in [7, 11) is 0. The quantitative estimate of drug-likeness (QED) is 0.156. The number of hydrogen-bond acceptors (Lipinski definition) is 3. The summed E-state index contributed by atoms with van der Waals surface area (Å²) >= 11 is 0. The van der Waals surface area contributed by atoms with Gasteiger partial charge in [0, 0.05) is 65.6 Å². The van der Waals surface area contributed by atoms with Gasteiger partial charge in [0.1, 0.15) is 0 Å². The number of benzene rings is 10. The highest BCUT2D eigenvalue weighted by molar-refractivity contribution is 6.40. The van der Waals surface area contributed by atoms with Gasteiger partial charge in [-0.05, 0) is 66.7 Å². The third kappa shape index (κ3) is 5.64. The molecular weight excluding hydrogens is 881 g/mol. The maximum absolute atomic E-state index is 8.41. The van der Waals surface area contributed by atoms with Crippen molar-refractivity contribution in [3.8, 4) is 45.8 Å². The smallest absolute Gasteiger partial charge is 0.238 e. The molecule has 0 aliphatic heterocycles. The highest BCUT2D eigenvalue weighted by Gasteiger charge is 2.30. The maximum atomic E-state index is 8.41. The van der Waals surface area contributed by atoms with Crippen molar-refractivity contribution in [1.29, 1.82) is 0 Å². The molecule has 0 saturated heterocycles. The molecule has 15 rings (SSSR count). The largest absolute Gasteiger partial charge is 0.308 e. The van der Waals surface area contributed by atoms with Gasteiger partial charge >= 0.3 is 0 Å². The average Bonchev–Trinajstić information content (AvgIpc) is 4.20. The summed E-state index contributed by atoms with van der Waals surface area (Å²) < 4.78 is 9.46. The molecule has 0 aliphatic rings. The molecule has 0 N–H and O–H groups in total. The van der Waals surface area contributed by atoms with Crippen LogP contribution in [-0.2, 0) is 0 Å². The van der Waals surface area contributed by atoms with Crippen molar-refractivity contribution in [2.24, 2.45) is 0 Å². The first-order chi connectivity index (χ1) is 35.7. The van der Waals surface area contributed by atoms with Gasteiger partial charge in [0.05, 0.1) is 56.4 Å². The SMILES string of the molecule is [C-]#[N+]c1ccc(-n2c3ccccc3c3c4c(c5ccccc5n4-c4ccccc4)c4c(c5ccccc5n4-c4ccccc4)c32)c(-c2nc(-c3ccccc3)nc(-n3c4ccccc4c4ccccc43)n2)c1. The lowest BCUT2D eigenvalue weighted by Gasteiger charge is -2.17. The number of para-hydroxylation sites is 7. The van der Waals surface area contributed by atoms with Crippen LogP contribution in [0.1, 0.15) is 0 Å². The van der Waals surface area contributed by atoms with Crippen LogP contribution in [0.15, 0.2) is 231 Å². The van der Waals surface area contributed by atoms with Crippen LogP contribution in [0.4, 0.5) is 5.69 Å². The summed E-state index contributed by atoms with van der Waals surface area (Å²) in [6, 6.07) is 80.6. The first-order valence-electron chi connectivity index (χ1n) is 24.1. The van der Waals surface area contributed by atoms with Crippen LogP contribution >= 0.6 is 0 Å². The minimum atomic E-state index is 0.453. The zero-order valence-corrected chi connectivity index (χ0v) is 38.5. The molecular formula is C64H38N8. The molecule has 0 atom stereocenters. The lowest BCUT2D eigenvalue weighted by atomic mass is 10.0. The minimum absolute atomic E-state index is 0.453. The van der Waals surface area contributed by atoms with Gasteiger partial charge in [0.25, 0.3) is 0 Å². The van der Waals surface area contributed by atoms with Crippen LogP contribution in [0.5, 0.6) is 0 Å². The van der Waals surface area contributed by atoms with E-state index in [9.17, 15) is 0 Å². The number of hydrogen-bond donors (Lipinski definition) is 0. The molecule has 0 saturated carbocycles. The Bertz CT molecular complexity index is 4620. The van der Waals surface area contributed by atoms with Gasteiger partial charge < -0.3 is 13.7 Å². The zero-order valence-electron chi connectivity index (χ0n) is 38.5. The van der Waals surface area contributed by atoms with Gasteiger partial charge in [-0.2, -0.15) is 9.97 Å². The standard InChI is InChI=1S/C64H38N8/c1-65-41-37-38-55(49(39-41)63-66-62(40-21-5-2-6-22-40)67-64(68-63)72-50-32-16-11-27-44(50)45-28-12-17-33-51(45)72)71-54-36-20-15-31-48(54)58-60-56(46-29-13-18-34-52(46)69(60)42-23-7-3-8-24-42)59-57(61(58)71)47-30-14-19-35-53(47)70(59)43-25-9-4-10-26-43/h2-39H. The third-order valence-electron chi connectivity index (χ3n) is 14.4. The Morgan fingerprint density at radius 2 is 0.722 bits per heavy atom. The second-order valence-corrected chi connectivity index (χ2v) is 18.2. The Morgan fingerprint density at radius 3 is 1.21 bits per heavy atom. The highest BCUT2D eigenvalue weighted by Crippen LogP contribution is 2.51. The van der Waals surface area contributed by atoms with E-state index in [0.717, 1.165) is 99.1 Å². The Morgan fingerprint density at radius 1 is 0.333 bits per heavy atom. The zero-order chi connectivity index (χ0) is 47.4. The normalized spacial score (nSPS) is 11.9. The van der Waals surface area contributed by atoms with Gasteiger partial charge in [-0.25, -0.2) is 9.83 Å². The van der Waals surface area contributed by atoms with Crippen molar-refractivity contribution < 1.29 is 0 Å². The Labute approximate surface area is 412 Å². The van der Waals surface area contributed by atoms with E-state index < -0.39 is 0 Å². The molecule has 10 aromatic carbocycles. The van der Waals surface area contributed by atoms with Crippen molar-refractivity contribution in [3.05, 3.63) is 242 Å². The monoisotopic (exact) mass is 918 g/mol. The fourth-order valence-corrected chi connectivity index (χ4v) is 11.5. The molecule has 5 aromatic heterocycles. The van der Waals surface area contributed by atoms with Gasteiger partial charge in [-0.15, -0.1) is 0 Å². The molecule has 5 heterocycles. The number of aromatic nitrogens is 7. The van der Waals surface area contributed by atoms with E-state index in [0.29, 0.717) is 28.8 Å². The Balaban J connectivity index is 1.15. The molecule has 8 heteroatoms. The summed E-state index contributed by atoms with van der Waals surface area (Å²) in [5.74, 6) is 1.47. The number of fused-ring (bicyclic) bond motifs is 15. The molecule has 334 valence electrons. The van der Waals surface area contributed by atoms with E-state index in [4.69, 9.17) is 21.5 Å². The summed E-state index contributed by atoms with van der Waals surface area (Å²) in [6.07, 6.45) is 0. The van der Waals surface area contributed by atoms with E-state index >= 15 is 0 Å². The molecule has 0 spiro atoms. The second kappa shape index (κ2) is 15.5. The van der Waals surface area contributed by atoms with Crippen LogP contribution < -0.4 is 0 Å². The fourth-order valence-electron chi connectivity index (χ4n) is 11.5. The first kappa shape index (κ1) is 39.9. The predicted octanol–water partition coefficient (Wildman–Crippen LogP) is 16.1. The van der Waals surface area contributed by atoms with Crippen LogP contribution in [0.3, 0.4) is 0 Å². The molecule has 0 amide bonds. The van der Waals surface area contributed by atoms with E-state index in [2.05, 4.69) is 211 Å². The maximum Gasteiger partial charge on any atom is 0.238 e. The van der Waals surface area contributed by atoms with Crippen molar-refractivity contribution in [2.75, 3.05) is 0 Å². The molecule has 0 bridgehead atoms. The third-order valence-corrected chi connectivity index (χ3v) is 14.4. The first-order valence-corrected chi connectivity index (χ1v) is 24.1. The van der Waals surface area contributed by atoms with Crippen LogP contribution in [0.2, 0.25) is 0 Å². The fraction of sp³-hybridized carbons (Fsp3) is 0. The molecule has 0 unspecified atom stereocenters. The summed E-state index contributed by atoms with van der Waals surface area (Å²) in [5, 5.41) is 9.02. The summed E-state index contributed by atoms with van der Waals surface area (Å²) in [4.78, 5) is 20.2. The van der Waals surface area contributed by atoms with Crippen molar-refractivity contribution in [3.63, 3.8) is 0 Å². The van der Waals surface area contributed by atoms with Gasteiger partial charge in [0.15, 0.2) is 17.3 Å². The lowest BCUT2D eigenvalue weighted by molar-refractivity contribution is 0.952. The Hall–Kier alpha value is -10.1. The van der Waals surface area contributed by atoms with E-state index in [1.54, 1.807) is 0 Å². The summed E-state index contributed by atoms with van der Waals surface area (Å²) in [6.45, 7) is 8.41. The minimum Gasteiger partial charge on any atom is -0.308 e. The van der Waals surface area contributed by atoms with Crippen molar-refractivity contribution in [2.45, 2.75) is 0 Å². The van der Waals surface area contributed by atoms with Gasteiger partial charge in [0.2, 0.25) is 5.95 Å². The van der Waals surface area contributed by atoms with E-state index in [-0.39, 0.29) is 0 Å². The molecule has 8 nitrogen and oxygen atoms in total. The van der Waals surface area contributed by atoms with E-state index in [1.807, 2.05) is 42.5 Å². The van der Waals surface area contributed by atoms with Crippen LogP contribution in [0, 0.1) is 6.57 Å². The molecule has 0 radical (unpaired) electrons. The summed E-state index contributed by atoms with van der Waals surface area (Å²) in [5.41, 5.74) is 13.5. The molecule has 15 aromatic rings. The van der Waals surface area contributed by atoms with Gasteiger partial charge in [-0.1, -0.05) is 164 Å². The van der Waals surface area contributed by atoms with Crippen molar-refractivity contribution in [1.82, 2.24) is 33.2 Å². The number of nitrogens with zero attached hydrogens (tertiary/aromatic N) is 8. The lowest BCUT2D eigenvalue weighted by Crippen LogP contribution is -2.08. The van der Waals surface area contributed by atoms with Crippen LogP contribution in [0.25, 0.3) is 138 Å². The van der Waals surface area contributed by atoms with Crippen LogP contribution in [-0.4, -0.2) is 33.2 Å². The predicted molar refractivity (Wildman–Crippen MR) is 294 cm³/mol. The molecule has 0 fully saturated rings. The topological polar surface area (TPSA) is 62.8 Å². The average molecular weight is 919 g/mol.